The van der Waals surface area contributed by atoms with Crippen LogP contribution in [-0.2, 0) is 14.3 Å². The highest BCUT2D eigenvalue weighted by Crippen LogP contribution is 2.41. The summed E-state index contributed by atoms with van der Waals surface area (Å²) >= 11 is 0. The molecular formula is C24H31N5O5. The van der Waals surface area contributed by atoms with Gasteiger partial charge in [0.15, 0.2) is 0 Å². The van der Waals surface area contributed by atoms with Crippen LogP contribution in [0.15, 0.2) is 36.7 Å². The first-order chi connectivity index (χ1) is 16.6. The minimum absolute atomic E-state index is 0.00226. The van der Waals surface area contributed by atoms with Crippen molar-refractivity contribution in [2.75, 3.05) is 59.0 Å². The van der Waals surface area contributed by atoms with Crippen LogP contribution in [0.4, 0.5) is 0 Å². The van der Waals surface area contributed by atoms with Gasteiger partial charge in [-0.2, -0.15) is 0 Å². The summed E-state index contributed by atoms with van der Waals surface area (Å²) in [5.74, 6) is 1.01. The molecule has 0 aliphatic carbocycles. The lowest BCUT2D eigenvalue weighted by molar-refractivity contribution is -0.135. The van der Waals surface area contributed by atoms with Crippen molar-refractivity contribution in [1.82, 2.24) is 24.7 Å². The first kappa shape index (κ1) is 23.9. The maximum absolute atomic E-state index is 13.2. The highest BCUT2D eigenvalue weighted by Gasteiger charge is 2.51. The molecule has 3 saturated heterocycles. The van der Waals surface area contributed by atoms with Gasteiger partial charge in [-0.3, -0.25) is 19.3 Å². The van der Waals surface area contributed by atoms with Gasteiger partial charge in [0, 0.05) is 69.3 Å². The van der Waals surface area contributed by atoms with E-state index in [1.54, 1.807) is 12.4 Å². The van der Waals surface area contributed by atoms with Gasteiger partial charge >= 0.3 is 0 Å². The Morgan fingerprint density at radius 2 is 1.82 bits per heavy atom. The maximum Gasteiger partial charge on any atom is 0.290 e. The van der Waals surface area contributed by atoms with Crippen LogP contribution in [0.1, 0.15) is 23.2 Å². The van der Waals surface area contributed by atoms with Crippen molar-refractivity contribution in [3.8, 4) is 11.4 Å². The molecule has 5 rings (SSSR count). The number of hydrogen-bond donors (Lipinski definition) is 2. The molecule has 0 saturated carbocycles. The molecule has 1 spiro atoms. The molecule has 2 aromatic rings. The largest absolute Gasteiger partial charge is 0.483 e. The number of amides is 2. The lowest BCUT2D eigenvalue weighted by Crippen LogP contribution is -2.43. The van der Waals surface area contributed by atoms with Gasteiger partial charge in [-0.1, -0.05) is 12.1 Å². The summed E-state index contributed by atoms with van der Waals surface area (Å²) in [7, 11) is 0. The van der Waals surface area contributed by atoms with E-state index < -0.39 is 5.41 Å². The van der Waals surface area contributed by atoms with E-state index in [9.17, 15) is 9.59 Å². The minimum atomic E-state index is -0.394. The van der Waals surface area contributed by atoms with Crippen LogP contribution in [0.5, 0.6) is 0 Å². The fraction of sp³-hybridized carbons (Fsp3) is 0.500. The molecule has 3 aliphatic heterocycles. The fourth-order valence-electron chi connectivity index (χ4n) is 4.99. The van der Waals surface area contributed by atoms with Gasteiger partial charge in [-0.05, 0) is 25.0 Å². The Bertz CT molecular complexity index is 974. The van der Waals surface area contributed by atoms with Crippen molar-refractivity contribution < 1.29 is 24.2 Å². The molecule has 2 N–H and O–H groups in total. The number of nitrogens with one attached hydrogen (secondary N) is 1. The van der Waals surface area contributed by atoms with E-state index in [-0.39, 0.29) is 18.3 Å². The highest BCUT2D eigenvalue weighted by molar-refractivity contribution is 5.96. The monoisotopic (exact) mass is 469 g/mol. The van der Waals surface area contributed by atoms with Gasteiger partial charge in [0.25, 0.3) is 12.4 Å². The molecule has 4 heterocycles. The van der Waals surface area contributed by atoms with E-state index in [0.717, 1.165) is 70.2 Å². The Balaban J connectivity index is 0.000000868. The number of carbonyl (C=O) groups excluding carboxylic acids is 2. The highest BCUT2D eigenvalue weighted by atomic mass is 16.5. The van der Waals surface area contributed by atoms with Crippen molar-refractivity contribution in [1.29, 1.82) is 0 Å². The van der Waals surface area contributed by atoms with Crippen LogP contribution in [-0.4, -0.2) is 107 Å². The Hall–Kier alpha value is -3.24. The number of aromatic amines is 1. The molecule has 10 heteroatoms. The van der Waals surface area contributed by atoms with Crippen molar-refractivity contribution in [2.24, 2.45) is 5.41 Å². The van der Waals surface area contributed by atoms with Crippen LogP contribution in [0, 0.1) is 5.41 Å². The van der Waals surface area contributed by atoms with E-state index in [1.165, 1.54) is 0 Å². The molecule has 10 nitrogen and oxygen atoms in total. The number of carbonyl (C=O) groups is 3. The number of likely N-dealkylation sites (tertiary alicyclic amines) is 2. The van der Waals surface area contributed by atoms with Crippen LogP contribution < -0.4 is 0 Å². The van der Waals surface area contributed by atoms with Crippen LogP contribution in [0.2, 0.25) is 0 Å². The Kier molecular flexibility index (Phi) is 7.59. The lowest BCUT2D eigenvalue weighted by Gasteiger charge is -2.29. The summed E-state index contributed by atoms with van der Waals surface area (Å²) in [5, 5.41) is 6.89. The lowest BCUT2D eigenvalue weighted by atomic mass is 9.85. The summed E-state index contributed by atoms with van der Waals surface area (Å²) in [6.07, 6.45) is 5.09. The molecule has 0 bridgehead atoms. The second-order valence-electron chi connectivity index (χ2n) is 8.87. The molecule has 182 valence electrons. The molecule has 2 amide bonds. The zero-order valence-corrected chi connectivity index (χ0v) is 19.2. The SMILES string of the molecule is O=C(c1ccc(-c2ncc[nH]2)cc1)N1CCC2(CCN(CCN3CCOCC3)C2=O)C1.O=CO. The van der Waals surface area contributed by atoms with Gasteiger partial charge in [0.1, 0.15) is 5.82 Å². The molecule has 1 unspecified atom stereocenters. The van der Waals surface area contributed by atoms with Crippen LogP contribution >= 0.6 is 0 Å². The molecule has 34 heavy (non-hydrogen) atoms. The predicted octanol–water partition coefficient (Wildman–Crippen LogP) is 1.17. The number of aromatic nitrogens is 2. The van der Waals surface area contributed by atoms with Crippen molar-refractivity contribution in [3.05, 3.63) is 42.2 Å². The minimum Gasteiger partial charge on any atom is -0.483 e. The third-order valence-corrected chi connectivity index (χ3v) is 6.94. The van der Waals surface area contributed by atoms with E-state index in [1.807, 2.05) is 34.1 Å². The number of nitrogens with zero attached hydrogens (tertiary/aromatic N) is 4. The van der Waals surface area contributed by atoms with Crippen molar-refractivity contribution in [2.45, 2.75) is 12.8 Å². The summed E-state index contributed by atoms with van der Waals surface area (Å²) in [4.78, 5) is 48.2. The topological polar surface area (TPSA) is 119 Å². The number of imidazole rings is 1. The Morgan fingerprint density at radius 1 is 1.12 bits per heavy atom. The second-order valence-corrected chi connectivity index (χ2v) is 8.87. The fourth-order valence-corrected chi connectivity index (χ4v) is 4.99. The zero-order valence-electron chi connectivity index (χ0n) is 19.2. The van der Waals surface area contributed by atoms with Gasteiger partial charge in [-0.25, -0.2) is 4.98 Å². The van der Waals surface area contributed by atoms with Crippen LogP contribution in [0.3, 0.4) is 0 Å². The number of benzene rings is 1. The van der Waals surface area contributed by atoms with E-state index in [2.05, 4.69) is 14.9 Å². The molecule has 0 radical (unpaired) electrons. The number of ether oxygens (including phenoxy) is 1. The van der Waals surface area contributed by atoms with Gasteiger partial charge in [0.05, 0.1) is 18.6 Å². The van der Waals surface area contributed by atoms with E-state index in [4.69, 9.17) is 14.6 Å². The summed E-state index contributed by atoms with van der Waals surface area (Å²) in [5.41, 5.74) is 1.21. The summed E-state index contributed by atoms with van der Waals surface area (Å²) in [6.45, 7) is 6.80. The number of H-pyrrole nitrogens is 1. The molecule has 1 aromatic carbocycles. The average molecular weight is 470 g/mol. The average Bonchev–Trinajstić information content (AvgIpc) is 3.62. The second kappa shape index (κ2) is 10.8. The number of hydrogen-bond acceptors (Lipinski definition) is 6. The van der Waals surface area contributed by atoms with Gasteiger partial charge < -0.3 is 24.6 Å². The normalized spacial score (nSPS) is 22.6. The number of carboxylic acid groups (broad SMARTS) is 1. The standard InChI is InChI=1S/C23H29N5O3.CH2O2/c29-21(19-3-1-18(2-4-19)20-24-7-8-25-20)28-10-6-23(17-28)5-9-27(22(23)30)12-11-26-13-15-31-16-14-26;2-1-3/h1-4,7-8H,5-6,9-17H2,(H,24,25);1H,(H,2,3). The molecule has 3 fully saturated rings. The Labute approximate surface area is 198 Å². The smallest absolute Gasteiger partial charge is 0.290 e. The number of rotatable bonds is 5. The molecular weight excluding hydrogens is 438 g/mol. The summed E-state index contributed by atoms with van der Waals surface area (Å²) < 4.78 is 5.40. The van der Waals surface area contributed by atoms with Crippen LogP contribution in [0.25, 0.3) is 11.4 Å². The van der Waals surface area contributed by atoms with Crippen molar-refractivity contribution >= 4 is 18.3 Å². The predicted molar refractivity (Wildman–Crippen MR) is 124 cm³/mol. The molecule has 1 aromatic heterocycles. The molecule has 3 aliphatic rings. The zero-order chi connectivity index (χ0) is 24.0. The first-order valence-corrected chi connectivity index (χ1v) is 11.6. The summed E-state index contributed by atoms with van der Waals surface area (Å²) in [6, 6.07) is 7.50. The maximum atomic E-state index is 13.2. The first-order valence-electron chi connectivity index (χ1n) is 11.6. The van der Waals surface area contributed by atoms with Gasteiger partial charge in [0.2, 0.25) is 5.91 Å². The Morgan fingerprint density at radius 3 is 2.50 bits per heavy atom. The molecule has 1 atom stereocenters. The van der Waals surface area contributed by atoms with E-state index in [0.29, 0.717) is 18.7 Å². The third-order valence-electron chi connectivity index (χ3n) is 6.94. The van der Waals surface area contributed by atoms with E-state index >= 15 is 0 Å². The number of morpholine rings is 1. The van der Waals surface area contributed by atoms with Gasteiger partial charge in [-0.15, -0.1) is 0 Å². The third kappa shape index (κ3) is 5.13. The van der Waals surface area contributed by atoms with Crippen molar-refractivity contribution in [3.63, 3.8) is 0 Å². The quantitative estimate of drug-likeness (QED) is 0.631.